The lowest BCUT2D eigenvalue weighted by Crippen LogP contribution is -2.28. The molecule has 0 bridgehead atoms. The van der Waals surface area contributed by atoms with Gasteiger partial charge in [0.15, 0.2) is 0 Å². The molecule has 0 spiro atoms. The van der Waals surface area contributed by atoms with Crippen molar-refractivity contribution in [3.05, 3.63) is 24.3 Å². The van der Waals surface area contributed by atoms with E-state index in [4.69, 9.17) is 4.74 Å². The van der Waals surface area contributed by atoms with Crippen LogP contribution in [0.25, 0.3) is 0 Å². The van der Waals surface area contributed by atoms with Crippen molar-refractivity contribution in [2.45, 2.75) is 36.6 Å². The van der Waals surface area contributed by atoms with E-state index in [9.17, 15) is 8.42 Å². The fourth-order valence-corrected chi connectivity index (χ4v) is 4.04. The highest BCUT2D eigenvalue weighted by molar-refractivity contribution is 7.89. The van der Waals surface area contributed by atoms with Crippen molar-refractivity contribution in [3.8, 4) is 0 Å². The first-order valence-electron chi connectivity index (χ1n) is 7.58. The van der Waals surface area contributed by atoms with Crippen LogP contribution in [0.4, 0.5) is 5.69 Å². The third-order valence-electron chi connectivity index (χ3n) is 3.91. The fourth-order valence-electron chi connectivity index (χ4n) is 2.55. The number of benzene rings is 1. The molecule has 2 fully saturated rings. The summed E-state index contributed by atoms with van der Waals surface area (Å²) in [6.07, 6.45) is 4.08. The van der Waals surface area contributed by atoms with Gasteiger partial charge in [0.1, 0.15) is 4.90 Å². The fraction of sp³-hybridized carbons (Fsp3) is 0.600. The number of ether oxygens (including phenoxy) is 1. The van der Waals surface area contributed by atoms with Crippen LogP contribution in [-0.4, -0.2) is 34.2 Å². The molecule has 1 atom stereocenters. The summed E-state index contributed by atoms with van der Waals surface area (Å²) in [6.45, 7) is 2.34. The summed E-state index contributed by atoms with van der Waals surface area (Å²) < 4.78 is 32.9. The summed E-state index contributed by atoms with van der Waals surface area (Å²) in [5.74, 6) is 0.450. The predicted octanol–water partition coefficient (Wildman–Crippen LogP) is 1.97. The van der Waals surface area contributed by atoms with Crippen LogP contribution in [0.5, 0.6) is 0 Å². The van der Waals surface area contributed by atoms with Crippen molar-refractivity contribution >= 4 is 15.7 Å². The van der Waals surface area contributed by atoms with Gasteiger partial charge in [0.2, 0.25) is 10.0 Å². The van der Waals surface area contributed by atoms with Gasteiger partial charge in [0.05, 0.1) is 12.3 Å². The maximum absolute atomic E-state index is 12.4. The Morgan fingerprint density at radius 3 is 2.71 bits per heavy atom. The maximum Gasteiger partial charge on any atom is 0.242 e. The predicted molar refractivity (Wildman–Crippen MR) is 81.8 cm³/mol. The van der Waals surface area contributed by atoms with Gasteiger partial charge in [-0.15, -0.1) is 0 Å². The summed E-state index contributed by atoms with van der Waals surface area (Å²) in [6, 6.07) is 7.22. The number of anilines is 1. The molecular formula is C15H22N2O3S. The quantitative estimate of drug-likeness (QED) is 0.843. The van der Waals surface area contributed by atoms with E-state index in [2.05, 4.69) is 10.0 Å². The minimum absolute atomic E-state index is 0.120. The van der Waals surface area contributed by atoms with Crippen molar-refractivity contribution in [1.82, 2.24) is 4.72 Å². The average Bonchev–Trinajstić information content (AvgIpc) is 3.30. The first kappa shape index (κ1) is 14.8. The zero-order valence-corrected chi connectivity index (χ0v) is 12.9. The highest BCUT2D eigenvalue weighted by atomic mass is 32.2. The van der Waals surface area contributed by atoms with Gasteiger partial charge in [0, 0.05) is 19.2 Å². The van der Waals surface area contributed by atoms with E-state index in [0.717, 1.165) is 45.4 Å². The molecule has 1 aliphatic heterocycles. The van der Waals surface area contributed by atoms with Gasteiger partial charge < -0.3 is 10.1 Å². The molecule has 2 aliphatic rings. The number of nitrogens with one attached hydrogen (secondary N) is 2. The summed E-state index contributed by atoms with van der Waals surface area (Å²) in [5, 5.41) is 3.28. The molecule has 116 valence electrons. The summed E-state index contributed by atoms with van der Waals surface area (Å²) in [5.41, 5.74) is 0.677. The molecule has 1 saturated heterocycles. The van der Waals surface area contributed by atoms with Gasteiger partial charge in [0.25, 0.3) is 0 Å². The van der Waals surface area contributed by atoms with Crippen LogP contribution in [0.3, 0.4) is 0 Å². The summed E-state index contributed by atoms with van der Waals surface area (Å²) >= 11 is 0. The Labute approximate surface area is 126 Å². The number of para-hydroxylation sites is 1. The topological polar surface area (TPSA) is 67.4 Å². The van der Waals surface area contributed by atoms with E-state index in [1.54, 1.807) is 12.1 Å². The van der Waals surface area contributed by atoms with E-state index in [0.29, 0.717) is 16.5 Å². The number of hydrogen-bond acceptors (Lipinski definition) is 4. The van der Waals surface area contributed by atoms with E-state index >= 15 is 0 Å². The first-order chi connectivity index (χ1) is 10.1. The van der Waals surface area contributed by atoms with Crippen molar-refractivity contribution in [2.75, 3.05) is 25.1 Å². The first-order valence-corrected chi connectivity index (χ1v) is 9.06. The molecule has 0 amide bonds. The van der Waals surface area contributed by atoms with Crippen molar-refractivity contribution in [1.29, 1.82) is 0 Å². The Hall–Kier alpha value is -1.11. The number of hydrogen-bond donors (Lipinski definition) is 2. The molecule has 5 nitrogen and oxygen atoms in total. The Morgan fingerprint density at radius 2 is 2.00 bits per heavy atom. The molecule has 1 heterocycles. The second-order valence-electron chi connectivity index (χ2n) is 5.86. The highest BCUT2D eigenvalue weighted by Crippen LogP contribution is 2.26. The molecule has 0 aromatic heterocycles. The van der Waals surface area contributed by atoms with Gasteiger partial charge in [-0.2, -0.15) is 0 Å². The van der Waals surface area contributed by atoms with Crippen LogP contribution in [0.2, 0.25) is 0 Å². The van der Waals surface area contributed by atoms with Gasteiger partial charge in [-0.3, -0.25) is 0 Å². The lowest BCUT2D eigenvalue weighted by Gasteiger charge is -2.23. The second-order valence-corrected chi connectivity index (χ2v) is 7.54. The van der Waals surface area contributed by atoms with Crippen LogP contribution >= 0.6 is 0 Å². The Morgan fingerprint density at radius 1 is 1.19 bits per heavy atom. The zero-order valence-electron chi connectivity index (χ0n) is 12.0. The minimum atomic E-state index is -3.42. The monoisotopic (exact) mass is 310 g/mol. The van der Waals surface area contributed by atoms with Crippen LogP contribution in [0.1, 0.15) is 25.7 Å². The highest BCUT2D eigenvalue weighted by Gasteiger charge is 2.29. The van der Waals surface area contributed by atoms with Gasteiger partial charge >= 0.3 is 0 Å². The van der Waals surface area contributed by atoms with E-state index in [1.165, 1.54) is 0 Å². The zero-order chi connectivity index (χ0) is 14.7. The largest absolute Gasteiger partial charge is 0.384 e. The molecule has 3 rings (SSSR count). The van der Waals surface area contributed by atoms with Crippen LogP contribution in [0, 0.1) is 5.92 Å². The van der Waals surface area contributed by atoms with E-state index in [1.807, 2.05) is 12.1 Å². The summed E-state index contributed by atoms with van der Waals surface area (Å²) in [4.78, 5) is 0.341. The van der Waals surface area contributed by atoms with Crippen molar-refractivity contribution < 1.29 is 13.2 Å². The average molecular weight is 310 g/mol. The Bertz CT molecular complexity index is 578. The molecule has 1 aromatic carbocycles. The molecule has 0 radical (unpaired) electrons. The molecule has 1 unspecified atom stereocenters. The Kier molecular flexibility index (Phi) is 4.47. The SMILES string of the molecule is O=S(=O)(NC1CC1)c1ccccc1NCC1CCCOC1. The van der Waals surface area contributed by atoms with Gasteiger partial charge in [-0.05, 0) is 43.7 Å². The van der Waals surface area contributed by atoms with Gasteiger partial charge in [-0.25, -0.2) is 13.1 Å². The number of sulfonamides is 1. The molecule has 2 N–H and O–H groups in total. The Balaban J connectivity index is 1.69. The molecule has 1 saturated carbocycles. The van der Waals surface area contributed by atoms with Crippen LogP contribution in [0.15, 0.2) is 29.2 Å². The second kappa shape index (κ2) is 6.34. The number of rotatable bonds is 6. The van der Waals surface area contributed by atoms with Crippen LogP contribution < -0.4 is 10.0 Å². The third kappa shape index (κ3) is 3.96. The molecule has 1 aromatic rings. The standard InChI is InChI=1S/C15H22N2O3S/c18-21(19,17-13-7-8-13)15-6-2-1-5-14(15)16-10-12-4-3-9-20-11-12/h1-2,5-6,12-13,16-17H,3-4,7-11H2. The molecular weight excluding hydrogens is 288 g/mol. The lowest BCUT2D eigenvalue weighted by atomic mass is 10.0. The smallest absolute Gasteiger partial charge is 0.242 e. The summed E-state index contributed by atoms with van der Waals surface area (Å²) in [7, 11) is -3.42. The van der Waals surface area contributed by atoms with Crippen LogP contribution in [-0.2, 0) is 14.8 Å². The van der Waals surface area contributed by atoms with Gasteiger partial charge in [-0.1, -0.05) is 12.1 Å². The third-order valence-corrected chi connectivity index (χ3v) is 5.49. The van der Waals surface area contributed by atoms with Crippen molar-refractivity contribution in [2.24, 2.45) is 5.92 Å². The normalized spacial score (nSPS) is 23.0. The van der Waals surface area contributed by atoms with E-state index < -0.39 is 10.0 Å². The minimum Gasteiger partial charge on any atom is -0.384 e. The lowest BCUT2D eigenvalue weighted by molar-refractivity contribution is 0.0595. The van der Waals surface area contributed by atoms with Crippen molar-refractivity contribution in [3.63, 3.8) is 0 Å². The molecule has 6 heteroatoms. The molecule has 1 aliphatic carbocycles. The molecule has 21 heavy (non-hydrogen) atoms. The van der Waals surface area contributed by atoms with E-state index in [-0.39, 0.29) is 6.04 Å². The maximum atomic E-state index is 12.4.